The van der Waals surface area contributed by atoms with Gasteiger partial charge in [0.25, 0.3) is 5.91 Å². The van der Waals surface area contributed by atoms with Crippen molar-refractivity contribution in [3.05, 3.63) is 28.6 Å². The summed E-state index contributed by atoms with van der Waals surface area (Å²) < 4.78 is 12.3. The van der Waals surface area contributed by atoms with E-state index in [1.807, 2.05) is 26.0 Å². The van der Waals surface area contributed by atoms with Crippen molar-refractivity contribution in [2.75, 3.05) is 33.4 Å². The highest BCUT2D eigenvalue weighted by molar-refractivity contribution is 5.99. The molecule has 0 atom stereocenters. The number of carbonyl (C=O) groups is 2. The normalized spacial score (nSPS) is 15.4. The Labute approximate surface area is 166 Å². The summed E-state index contributed by atoms with van der Waals surface area (Å²) in [6.07, 6.45) is 3.43. The van der Waals surface area contributed by atoms with Gasteiger partial charge in [-0.3, -0.25) is 4.79 Å². The van der Waals surface area contributed by atoms with Crippen LogP contribution in [0.5, 0.6) is 0 Å². The van der Waals surface area contributed by atoms with E-state index in [9.17, 15) is 14.9 Å². The number of piperidine rings is 1. The molecule has 1 aromatic heterocycles. The molecule has 1 aliphatic rings. The highest BCUT2D eigenvalue weighted by atomic mass is 16.5. The van der Waals surface area contributed by atoms with Crippen molar-refractivity contribution in [1.82, 2.24) is 9.47 Å². The van der Waals surface area contributed by atoms with Crippen LogP contribution in [-0.4, -0.2) is 54.8 Å². The summed E-state index contributed by atoms with van der Waals surface area (Å²) >= 11 is 0. The highest BCUT2D eigenvalue weighted by Gasteiger charge is 2.22. The number of carbonyl (C=O) groups excluding carboxylic acids is 2. The first kappa shape index (κ1) is 21.7. The number of nitrogens with zero attached hydrogens (tertiary/aromatic N) is 3. The molecule has 0 spiro atoms. The van der Waals surface area contributed by atoms with Crippen LogP contribution in [0.3, 0.4) is 0 Å². The quantitative estimate of drug-likeness (QED) is 0.408. The second-order valence-corrected chi connectivity index (χ2v) is 7.28. The zero-order valence-corrected chi connectivity index (χ0v) is 17.2. The Balaban J connectivity index is 2.01. The molecule has 1 aliphatic heterocycles. The van der Waals surface area contributed by atoms with E-state index in [4.69, 9.17) is 9.47 Å². The molecule has 1 aromatic rings. The van der Waals surface area contributed by atoms with Crippen LogP contribution in [0, 0.1) is 31.1 Å². The first-order valence-corrected chi connectivity index (χ1v) is 9.59. The van der Waals surface area contributed by atoms with Crippen LogP contribution in [0.2, 0.25) is 0 Å². The molecule has 1 saturated heterocycles. The molecular weight excluding hydrogens is 358 g/mol. The third kappa shape index (κ3) is 5.46. The van der Waals surface area contributed by atoms with Crippen LogP contribution in [0.1, 0.15) is 36.7 Å². The van der Waals surface area contributed by atoms with Gasteiger partial charge in [-0.15, -0.1) is 0 Å². The minimum Gasteiger partial charge on any atom is -0.451 e. The van der Waals surface area contributed by atoms with E-state index in [0.29, 0.717) is 32.2 Å². The van der Waals surface area contributed by atoms with Gasteiger partial charge in [0.15, 0.2) is 6.61 Å². The third-order valence-corrected chi connectivity index (χ3v) is 5.24. The molecule has 0 unspecified atom stereocenters. The van der Waals surface area contributed by atoms with Crippen molar-refractivity contribution in [3.8, 4) is 6.07 Å². The van der Waals surface area contributed by atoms with Gasteiger partial charge in [-0.1, -0.05) is 6.92 Å². The number of nitriles is 1. The molecule has 7 nitrogen and oxygen atoms in total. The molecule has 1 fully saturated rings. The summed E-state index contributed by atoms with van der Waals surface area (Å²) in [4.78, 5) is 26.2. The van der Waals surface area contributed by atoms with Crippen molar-refractivity contribution in [2.45, 2.75) is 40.2 Å². The molecule has 0 radical (unpaired) electrons. The average Bonchev–Trinajstić information content (AvgIpc) is 2.95. The van der Waals surface area contributed by atoms with E-state index in [1.165, 1.54) is 6.08 Å². The summed E-state index contributed by atoms with van der Waals surface area (Å²) in [5.41, 5.74) is 2.61. The smallest absolute Gasteiger partial charge is 0.349 e. The highest BCUT2D eigenvalue weighted by Crippen LogP contribution is 2.19. The Hall–Kier alpha value is -2.59. The van der Waals surface area contributed by atoms with Crippen LogP contribution >= 0.6 is 0 Å². The summed E-state index contributed by atoms with van der Waals surface area (Å²) in [6.45, 7) is 8.36. The monoisotopic (exact) mass is 387 g/mol. The Morgan fingerprint density at radius 3 is 2.61 bits per heavy atom. The van der Waals surface area contributed by atoms with E-state index in [0.717, 1.165) is 29.8 Å². The predicted molar refractivity (Wildman–Crippen MR) is 105 cm³/mol. The molecule has 7 heteroatoms. The lowest BCUT2D eigenvalue weighted by molar-refractivity contribution is -0.149. The van der Waals surface area contributed by atoms with Gasteiger partial charge in [-0.05, 0) is 50.3 Å². The molecule has 0 saturated carbocycles. The second kappa shape index (κ2) is 10.1. The van der Waals surface area contributed by atoms with E-state index in [1.54, 1.807) is 12.0 Å². The van der Waals surface area contributed by atoms with Crippen LogP contribution in [-0.2, 0) is 25.6 Å². The van der Waals surface area contributed by atoms with Crippen molar-refractivity contribution >= 4 is 18.0 Å². The van der Waals surface area contributed by atoms with Crippen LogP contribution in [0.25, 0.3) is 6.08 Å². The Morgan fingerprint density at radius 1 is 1.32 bits per heavy atom. The van der Waals surface area contributed by atoms with Gasteiger partial charge in [0.1, 0.15) is 11.6 Å². The molecule has 28 heavy (non-hydrogen) atoms. The van der Waals surface area contributed by atoms with Crippen molar-refractivity contribution in [3.63, 3.8) is 0 Å². The van der Waals surface area contributed by atoms with Gasteiger partial charge in [0, 0.05) is 38.1 Å². The first-order valence-electron chi connectivity index (χ1n) is 9.59. The minimum atomic E-state index is -0.775. The Kier molecular flexibility index (Phi) is 7.82. The molecule has 0 aromatic carbocycles. The molecule has 2 heterocycles. The van der Waals surface area contributed by atoms with E-state index in [2.05, 4.69) is 11.5 Å². The number of likely N-dealkylation sites (tertiary alicyclic amines) is 1. The number of esters is 1. The van der Waals surface area contributed by atoms with Gasteiger partial charge in [-0.2, -0.15) is 5.26 Å². The van der Waals surface area contributed by atoms with Gasteiger partial charge in [-0.25, -0.2) is 4.79 Å². The lowest BCUT2D eigenvalue weighted by Crippen LogP contribution is -2.40. The molecule has 152 valence electrons. The maximum absolute atomic E-state index is 12.3. The average molecular weight is 387 g/mol. The van der Waals surface area contributed by atoms with Crippen molar-refractivity contribution in [2.24, 2.45) is 5.92 Å². The van der Waals surface area contributed by atoms with Gasteiger partial charge >= 0.3 is 5.97 Å². The number of rotatable bonds is 7. The van der Waals surface area contributed by atoms with Crippen LogP contribution < -0.4 is 0 Å². The zero-order chi connectivity index (χ0) is 20.7. The summed E-state index contributed by atoms with van der Waals surface area (Å²) in [5, 5.41) is 9.37. The van der Waals surface area contributed by atoms with Gasteiger partial charge in [0.05, 0.1) is 6.61 Å². The standard InChI is InChI=1S/C21H29N3O4/c1-15-5-7-23(8-6-15)20(25)14-28-21(26)19(13-22)12-18-11-16(2)24(17(18)3)9-10-27-4/h11-12,15H,5-10,14H2,1-4H3. The number of hydrogen-bond donors (Lipinski definition) is 0. The number of methoxy groups -OCH3 is 1. The predicted octanol–water partition coefficient (Wildman–Crippen LogP) is 2.46. The summed E-state index contributed by atoms with van der Waals surface area (Å²) in [5.74, 6) is -0.374. The molecular formula is C21H29N3O4. The lowest BCUT2D eigenvalue weighted by Gasteiger charge is -2.30. The van der Waals surface area contributed by atoms with Gasteiger partial charge < -0.3 is 18.9 Å². The minimum absolute atomic E-state index is 0.118. The van der Waals surface area contributed by atoms with Crippen molar-refractivity contribution < 1.29 is 19.1 Å². The third-order valence-electron chi connectivity index (χ3n) is 5.24. The summed E-state index contributed by atoms with van der Waals surface area (Å²) in [6, 6.07) is 3.80. The van der Waals surface area contributed by atoms with E-state index in [-0.39, 0.29) is 18.1 Å². The fourth-order valence-corrected chi connectivity index (χ4v) is 3.35. The SMILES string of the molecule is COCCn1c(C)cc(C=C(C#N)C(=O)OCC(=O)N2CCC(C)CC2)c1C. The van der Waals surface area contributed by atoms with Crippen LogP contribution in [0.15, 0.2) is 11.6 Å². The number of aromatic nitrogens is 1. The zero-order valence-electron chi connectivity index (χ0n) is 17.2. The second-order valence-electron chi connectivity index (χ2n) is 7.28. The largest absolute Gasteiger partial charge is 0.451 e. The fourth-order valence-electron chi connectivity index (χ4n) is 3.35. The van der Waals surface area contributed by atoms with Crippen LogP contribution in [0.4, 0.5) is 0 Å². The maximum Gasteiger partial charge on any atom is 0.349 e. The molecule has 1 amide bonds. The van der Waals surface area contributed by atoms with E-state index < -0.39 is 5.97 Å². The molecule has 0 aliphatic carbocycles. The lowest BCUT2D eigenvalue weighted by atomic mass is 9.99. The molecule has 2 rings (SSSR count). The number of amides is 1. The van der Waals surface area contributed by atoms with E-state index >= 15 is 0 Å². The van der Waals surface area contributed by atoms with Crippen molar-refractivity contribution in [1.29, 1.82) is 5.26 Å². The molecule has 0 bridgehead atoms. The van der Waals surface area contributed by atoms with Gasteiger partial charge in [0.2, 0.25) is 0 Å². The first-order chi connectivity index (χ1) is 13.4. The molecule has 0 N–H and O–H groups in total. The topological polar surface area (TPSA) is 84.6 Å². The Morgan fingerprint density at radius 2 is 2.00 bits per heavy atom. The number of aryl methyl sites for hydroxylation is 1. The number of ether oxygens (including phenoxy) is 2. The maximum atomic E-state index is 12.3. The Bertz CT molecular complexity index is 780. The number of hydrogen-bond acceptors (Lipinski definition) is 5. The fraction of sp³-hybridized carbons (Fsp3) is 0.571. The summed E-state index contributed by atoms with van der Waals surface area (Å²) in [7, 11) is 1.64.